The van der Waals surface area contributed by atoms with Gasteiger partial charge in [-0.2, -0.15) is 0 Å². The second kappa shape index (κ2) is 5.25. The van der Waals surface area contributed by atoms with Gasteiger partial charge in [0.25, 0.3) is 0 Å². The van der Waals surface area contributed by atoms with Crippen LogP contribution in [0.15, 0.2) is 28.7 Å². The lowest BCUT2D eigenvalue weighted by Gasteiger charge is -2.09. The fraction of sp³-hybridized carbons (Fsp3) is 0.0909. The van der Waals surface area contributed by atoms with E-state index in [0.29, 0.717) is 22.4 Å². The first kappa shape index (κ1) is 12.7. The molecule has 0 bridgehead atoms. The van der Waals surface area contributed by atoms with Crippen LogP contribution in [-0.4, -0.2) is 0 Å². The molecule has 0 spiro atoms. The summed E-state index contributed by atoms with van der Waals surface area (Å²) >= 11 is 10.4. The first-order chi connectivity index (χ1) is 8.06. The van der Waals surface area contributed by atoms with Crippen molar-refractivity contribution in [2.75, 3.05) is 11.1 Å². The summed E-state index contributed by atoms with van der Waals surface area (Å²) < 4.78 is 14.4. The SMILES string of the molecule is Nc1cc(Br)c(F)cc1NCc1ccc(Cl)s1. The number of anilines is 2. The van der Waals surface area contributed by atoms with Crippen LogP contribution in [0.3, 0.4) is 0 Å². The average Bonchev–Trinajstić information content (AvgIpc) is 2.68. The molecule has 0 radical (unpaired) electrons. The van der Waals surface area contributed by atoms with E-state index in [0.717, 1.165) is 9.21 Å². The number of hydrogen-bond acceptors (Lipinski definition) is 3. The fourth-order valence-corrected chi connectivity index (χ4v) is 2.73. The molecule has 3 N–H and O–H groups in total. The lowest BCUT2D eigenvalue weighted by atomic mass is 10.2. The molecular formula is C11H9BrClFN2S. The number of nitrogens with one attached hydrogen (secondary N) is 1. The number of benzene rings is 1. The summed E-state index contributed by atoms with van der Waals surface area (Å²) in [6.45, 7) is 0.572. The van der Waals surface area contributed by atoms with Crippen LogP contribution < -0.4 is 11.1 Å². The van der Waals surface area contributed by atoms with Gasteiger partial charge in [-0.05, 0) is 34.1 Å². The van der Waals surface area contributed by atoms with Gasteiger partial charge in [0.1, 0.15) is 5.82 Å². The molecule has 2 aromatic rings. The molecule has 2 nitrogen and oxygen atoms in total. The zero-order chi connectivity index (χ0) is 12.4. The average molecular weight is 336 g/mol. The van der Waals surface area contributed by atoms with Crippen molar-refractivity contribution in [2.45, 2.75) is 6.54 Å². The third-order valence-electron chi connectivity index (χ3n) is 2.17. The van der Waals surface area contributed by atoms with Crippen LogP contribution in [0.1, 0.15) is 4.88 Å². The molecule has 2 rings (SSSR count). The molecule has 0 aliphatic rings. The normalized spacial score (nSPS) is 10.5. The van der Waals surface area contributed by atoms with Crippen molar-refractivity contribution in [1.29, 1.82) is 0 Å². The highest BCUT2D eigenvalue weighted by Crippen LogP contribution is 2.28. The van der Waals surface area contributed by atoms with Crippen molar-refractivity contribution in [3.63, 3.8) is 0 Å². The van der Waals surface area contributed by atoms with Crippen molar-refractivity contribution in [2.24, 2.45) is 0 Å². The predicted molar refractivity (Wildman–Crippen MR) is 75.2 cm³/mol. The molecule has 0 fully saturated rings. The van der Waals surface area contributed by atoms with E-state index in [2.05, 4.69) is 21.2 Å². The molecule has 1 aromatic heterocycles. The second-order valence-corrected chi connectivity index (χ2v) is 6.07. The molecule has 17 heavy (non-hydrogen) atoms. The Morgan fingerprint density at radius 1 is 1.41 bits per heavy atom. The highest BCUT2D eigenvalue weighted by Gasteiger charge is 2.06. The van der Waals surface area contributed by atoms with Crippen LogP contribution in [0, 0.1) is 5.82 Å². The summed E-state index contributed by atoms with van der Waals surface area (Å²) in [7, 11) is 0. The predicted octanol–water partition coefficient (Wildman–Crippen LogP) is 4.50. The molecule has 90 valence electrons. The molecular weight excluding hydrogens is 327 g/mol. The fourth-order valence-electron chi connectivity index (χ4n) is 1.34. The van der Waals surface area contributed by atoms with Gasteiger partial charge >= 0.3 is 0 Å². The Hall–Kier alpha value is -0.780. The van der Waals surface area contributed by atoms with E-state index in [1.54, 1.807) is 6.07 Å². The number of thiophene rings is 1. The molecule has 0 atom stereocenters. The third kappa shape index (κ3) is 3.12. The van der Waals surface area contributed by atoms with E-state index in [-0.39, 0.29) is 5.82 Å². The third-order valence-corrected chi connectivity index (χ3v) is 4.01. The van der Waals surface area contributed by atoms with Gasteiger partial charge in [-0.1, -0.05) is 11.6 Å². The lowest BCUT2D eigenvalue weighted by molar-refractivity contribution is 0.622. The van der Waals surface area contributed by atoms with Crippen LogP contribution in [0.5, 0.6) is 0 Å². The van der Waals surface area contributed by atoms with Gasteiger partial charge in [0.2, 0.25) is 0 Å². The van der Waals surface area contributed by atoms with Gasteiger partial charge in [0.15, 0.2) is 0 Å². The van der Waals surface area contributed by atoms with Gasteiger partial charge in [0, 0.05) is 17.5 Å². The smallest absolute Gasteiger partial charge is 0.139 e. The quantitative estimate of drug-likeness (QED) is 0.811. The van der Waals surface area contributed by atoms with Gasteiger partial charge in [-0.15, -0.1) is 11.3 Å². The Morgan fingerprint density at radius 3 is 2.82 bits per heavy atom. The summed E-state index contributed by atoms with van der Waals surface area (Å²) in [6, 6.07) is 6.66. The Balaban J connectivity index is 2.11. The molecule has 0 unspecified atom stereocenters. The molecule has 0 saturated carbocycles. The maximum Gasteiger partial charge on any atom is 0.139 e. The van der Waals surface area contributed by atoms with E-state index in [1.807, 2.05) is 12.1 Å². The molecule has 0 aliphatic carbocycles. The minimum atomic E-state index is -0.342. The largest absolute Gasteiger partial charge is 0.397 e. The molecule has 0 saturated heterocycles. The Bertz CT molecular complexity index is 544. The monoisotopic (exact) mass is 334 g/mol. The summed E-state index contributed by atoms with van der Waals surface area (Å²) in [5.41, 5.74) is 6.86. The summed E-state index contributed by atoms with van der Waals surface area (Å²) in [4.78, 5) is 1.07. The van der Waals surface area contributed by atoms with Gasteiger partial charge in [-0.3, -0.25) is 0 Å². The topological polar surface area (TPSA) is 38.0 Å². The molecule has 0 amide bonds. The van der Waals surface area contributed by atoms with E-state index >= 15 is 0 Å². The van der Waals surface area contributed by atoms with Gasteiger partial charge in [0.05, 0.1) is 20.2 Å². The molecule has 0 aliphatic heterocycles. The Kier molecular flexibility index (Phi) is 3.91. The van der Waals surface area contributed by atoms with E-state index < -0.39 is 0 Å². The maximum atomic E-state index is 13.3. The van der Waals surface area contributed by atoms with Crippen molar-refractivity contribution >= 4 is 50.2 Å². The van der Waals surface area contributed by atoms with E-state index in [1.165, 1.54) is 17.4 Å². The second-order valence-electron chi connectivity index (χ2n) is 3.41. The zero-order valence-electron chi connectivity index (χ0n) is 8.64. The van der Waals surface area contributed by atoms with Crippen LogP contribution in [-0.2, 0) is 6.54 Å². The van der Waals surface area contributed by atoms with E-state index in [4.69, 9.17) is 17.3 Å². The molecule has 6 heteroatoms. The number of nitrogen functional groups attached to an aromatic ring is 1. The standard InChI is InChI=1S/C11H9BrClFN2S/c12-7-3-9(15)10(4-8(7)14)16-5-6-1-2-11(13)17-6/h1-4,16H,5,15H2. The summed E-state index contributed by atoms with van der Waals surface area (Å²) in [6.07, 6.45) is 0. The number of halogens is 3. The Labute approximate surface area is 116 Å². The number of hydrogen-bond donors (Lipinski definition) is 2. The first-order valence-electron chi connectivity index (χ1n) is 4.79. The zero-order valence-corrected chi connectivity index (χ0v) is 11.8. The van der Waals surface area contributed by atoms with Gasteiger partial charge in [-0.25, -0.2) is 4.39 Å². The van der Waals surface area contributed by atoms with Crippen molar-refractivity contribution < 1.29 is 4.39 Å². The van der Waals surface area contributed by atoms with Crippen molar-refractivity contribution in [3.05, 3.63) is 43.8 Å². The first-order valence-corrected chi connectivity index (χ1v) is 6.77. The Morgan fingerprint density at radius 2 is 2.18 bits per heavy atom. The highest BCUT2D eigenvalue weighted by molar-refractivity contribution is 9.10. The van der Waals surface area contributed by atoms with Crippen LogP contribution >= 0.6 is 38.9 Å². The summed E-state index contributed by atoms with van der Waals surface area (Å²) in [5.74, 6) is -0.342. The molecule has 1 aromatic carbocycles. The van der Waals surface area contributed by atoms with E-state index in [9.17, 15) is 4.39 Å². The van der Waals surface area contributed by atoms with Crippen molar-refractivity contribution in [1.82, 2.24) is 0 Å². The maximum absolute atomic E-state index is 13.3. The molecule has 1 heterocycles. The number of rotatable bonds is 3. The minimum Gasteiger partial charge on any atom is -0.397 e. The number of nitrogens with two attached hydrogens (primary N) is 1. The van der Waals surface area contributed by atoms with Gasteiger partial charge < -0.3 is 11.1 Å². The van der Waals surface area contributed by atoms with Crippen LogP contribution in [0.25, 0.3) is 0 Å². The van der Waals surface area contributed by atoms with Crippen LogP contribution in [0.4, 0.5) is 15.8 Å². The summed E-state index contributed by atoms with van der Waals surface area (Å²) in [5, 5.41) is 3.08. The van der Waals surface area contributed by atoms with Crippen molar-refractivity contribution in [3.8, 4) is 0 Å². The lowest BCUT2D eigenvalue weighted by Crippen LogP contribution is -2.02. The minimum absolute atomic E-state index is 0.342. The van der Waals surface area contributed by atoms with Crippen LogP contribution in [0.2, 0.25) is 4.34 Å². The highest BCUT2D eigenvalue weighted by atomic mass is 79.9.